The van der Waals surface area contributed by atoms with E-state index < -0.39 is 0 Å². The van der Waals surface area contributed by atoms with E-state index in [1.54, 1.807) is 17.7 Å². The lowest BCUT2D eigenvalue weighted by Crippen LogP contribution is -2.16. The number of hydrogen-bond donors (Lipinski definition) is 1. The fourth-order valence-corrected chi connectivity index (χ4v) is 5.43. The number of carbonyl (C=O) groups excluding carboxylic acids is 1. The van der Waals surface area contributed by atoms with Crippen molar-refractivity contribution in [1.82, 2.24) is 9.97 Å². The molecule has 0 radical (unpaired) electrons. The molecule has 158 valence electrons. The van der Waals surface area contributed by atoms with Crippen LogP contribution < -0.4 is 5.32 Å². The molecule has 0 saturated heterocycles. The molecule has 2 heterocycles. The Morgan fingerprint density at radius 3 is 2.45 bits per heavy atom. The third kappa shape index (κ3) is 4.76. The van der Waals surface area contributed by atoms with Gasteiger partial charge in [0, 0.05) is 21.7 Å². The molecule has 1 amide bonds. The normalized spacial score (nSPS) is 11.1. The maximum absolute atomic E-state index is 12.8. The van der Waals surface area contributed by atoms with Crippen molar-refractivity contribution in [1.29, 1.82) is 0 Å². The maximum atomic E-state index is 12.8. The zero-order valence-electron chi connectivity index (χ0n) is 17.3. The lowest BCUT2D eigenvalue weighted by Gasteiger charge is -2.14. The number of carbonyl (C=O) groups is 1. The van der Waals surface area contributed by atoms with Crippen molar-refractivity contribution in [3.05, 3.63) is 70.3 Å². The van der Waals surface area contributed by atoms with Gasteiger partial charge in [-0.05, 0) is 41.7 Å². The highest BCUT2D eigenvalue weighted by Crippen LogP contribution is 2.38. The minimum atomic E-state index is -0.0318. The summed E-state index contributed by atoms with van der Waals surface area (Å²) in [6.45, 7) is 4.21. The van der Waals surface area contributed by atoms with Crippen LogP contribution in [0.2, 0.25) is 5.02 Å². The smallest absolute Gasteiger partial charge is 0.234 e. The SMILES string of the molecule is CCc1cccc(CC)c1NC(=O)CSc1ncnc2scc(-c3ccc(Cl)cc3)c12. The number of benzene rings is 2. The van der Waals surface area contributed by atoms with Crippen molar-refractivity contribution in [2.45, 2.75) is 31.7 Å². The maximum Gasteiger partial charge on any atom is 0.234 e. The highest BCUT2D eigenvalue weighted by atomic mass is 35.5. The van der Waals surface area contributed by atoms with E-state index in [0.717, 1.165) is 56.0 Å². The number of amides is 1. The Hall–Kier alpha value is -2.41. The molecule has 7 heteroatoms. The number of hydrogen-bond acceptors (Lipinski definition) is 5. The Labute approximate surface area is 195 Å². The molecule has 0 atom stereocenters. The van der Waals surface area contributed by atoms with E-state index in [2.05, 4.69) is 52.7 Å². The molecule has 1 N–H and O–H groups in total. The van der Waals surface area contributed by atoms with Gasteiger partial charge in [0.15, 0.2) is 0 Å². The molecule has 0 bridgehead atoms. The van der Waals surface area contributed by atoms with Gasteiger partial charge in [-0.3, -0.25) is 4.79 Å². The molecule has 0 unspecified atom stereocenters. The molecule has 2 aromatic heterocycles. The Morgan fingerprint density at radius 2 is 1.77 bits per heavy atom. The molecule has 4 nitrogen and oxygen atoms in total. The number of anilines is 1. The standard InChI is InChI=1S/C24H22ClN3OS2/c1-3-15-6-5-7-16(4-2)22(15)28-20(29)13-31-24-21-19(12-30-23(21)26-14-27-24)17-8-10-18(25)11-9-17/h5-12,14H,3-4,13H2,1-2H3,(H,28,29). The van der Waals surface area contributed by atoms with Gasteiger partial charge in [0.2, 0.25) is 5.91 Å². The summed E-state index contributed by atoms with van der Waals surface area (Å²) in [5.74, 6) is 0.249. The third-order valence-electron chi connectivity index (χ3n) is 5.09. The van der Waals surface area contributed by atoms with Crippen LogP contribution in [-0.2, 0) is 17.6 Å². The van der Waals surface area contributed by atoms with E-state index >= 15 is 0 Å². The zero-order valence-corrected chi connectivity index (χ0v) is 19.7. The van der Waals surface area contributed by atoms with E-state index in [0.29, 0.717) is 5.02 Å². The molecule has 4 rings (SSSR count). The van der Waals surface area contributed by atoms with Crippen LogP contribution >= 0.6 is 34.7 Å². The van der Waals surface area contributed by atoms with Gasteiger partial charge in [0.05, 0.1) is 11.1 Å². The molecular weight excluding hydrogens is 446 g/mol. The minimum Gasteiger partial charge on any atom is -0.325 e. The van der Waals surface area contributed by atoms with Gasteiger partial charge in [-0.25, -0.2) is 9.97 Å². The van der Waals surface area contributed by atoms with E-state index in [1.165, 1.54) is 11.8 Å². The van der Waals surface area contributed by atoms with E-state index in [1.807, 2.05) is 24.3 Å². The molecule has 0 saturated carbocycles. The van der Waals surface area contributed by atoms with Crippen molar-refractivity contribution in [3.8, 4) is 11.1 Å². The van der Waals surface area contributed by atoms with Crippen molar-refractivity contribution in [2.24, 2.45) is 0 Å². The van der Waals surface area contributed by atoms with Crippen molar-refractivity contribution < 1.29 is 4.79 Å². The van der Waals surface area contributed by atoms with Crippen LogP contribution in [-0.4, -0.2) is 21.6 Å². The quantitative estimate of drug-likeness (QED) is 0.238. The van der Waals surface area contributed by atoms with Gasteiger partial charge in [-0.1, -0.05) is 67.5 Å². The van der Waals surface area contributed by atoms with Crippen LogP contribution in [0.4, 0.5) is 5.69 Å². The van der Waals surface area contributed by atoms with Gasteiger partial charge >= 0.3 is 0 Å². The van der Waals surface area contributed by atoms with Crippen LogP contribution in [0.3, 0.4) is 0 Å². The number of halogens is 1. The summed E-state index contributed by atoms with van der Waals surface area (Å²) in [6.07, 6.45) is 3.32. The second-order valence-electron chi connectivity index (χ2n) is 7.01. The molecule has 0 aliphatic carbocycles. The minimum absolute atomic E-state index is 0.0318. The first kappa shape index (κ1) is 21.8. The summed E-state index contributed by atoms with van der Waals surface area (Å²) in [7, 11) is 0. The Kier molecular flexibility index (Phi) is 6.90. The lowest BCUT2D eigenvalue weighted by atomic mass is 10.0. The van der Waals surface area contributed by atoms with Crippen LogP contribution in [0.5, 0.6) is 0 Å². The number of aryl methyl sites for hydroxylation is 2. The molecule has 0 spiro atoms. The number of rotatable bonds is 7. The first-order valence-electron chi connectivity index (χ1n) is 10.1. The summed E-state index contributed by atoms with van der Waals surface area (Å²) in [5, 5.41) is 7.70. The van der Waals surface area contributed by atoms with Gasteiger partial charge < -0.3 is 5.32 Å². The zero-order chi connectivity index (χ0) is 21.8. The molecule has 0 aliphatic heterocycles. The Balaban J connectivity index is 1.57. The number of thioether (sulfide) groups is 1. The number of nitrogens with zero attached hydrogens (tertiary/aromatic N) is 2. The Morgan fingerprint density at radius 1 is 1.06 bits per heavy atom. The molecule has 4 aromatic rings. The molecule has 0 fully saturated rings. The van der Waals surface area contributed by atoms with Gasteiger partial charge in [0.25, 0.3) is 0 Å². The summed E-state index contributed by atoms with van der Waals surface area (Å²) < 4.78 is 0. The average molecular weight is 468 g/mol. The second kappa shape index (κ2) is 9.81. The topological polar surface area (TPSA) is 54.9 Å². The highest BCUT2D eigenvalue weighted by Gasteiger charge is 2.16. The molecular formula is C24H22ClN3OS2. The number of thiophene rings is 1. The van der Waals surface area contributed by atoms with Crippen LogP contribution in [0.25, 0.3) is 21.3 Å². The fourth-order valence-electron chi connectivity index (χ4n) is 3.51. The summed E-state index contributed by atoms with van der Waals surface area (Å²) in [6, 6.07) is 13.9. The molecule has 31 heavy (non-hydrogen) atoms. The average Bonchev–Trinajstić information content (AvgIpc) is 3.23. The van der Waals surface area contributed by atoms with E-state index in [4.69, 9.17) is 11.6 Å². The van der Waals surface area contributed by atoms with Crippen molar-refractivity contribution >= 4 is 56.5 Å². The van der Waals surface area contributed by atoms with E-state index in [9.17, 15) is 4.79 Å². The number of fused-ring (bicyclic) bond motifs is 1. The van der Waals surface area contributed by atoms with Crippen LogP contribution in [0, 0.1) is 0 Å². The summed E-state index contributed by atoms with van der Waals surface area (Å²) >= 11 is 9.06. The predicted octanol–water partition coefficient (Wildman–Crippen LogP) is 6.87. The fraction of sp³-hybridized carbons (Fsp3) is 0.208. The summed E-state index contributed by atoms with van der Waals surface area (Å²) in [5.41, 5.74) is 5.38. The van der Waals surface area contributed by atoms with Crippen LogP contribution in [0.15, 0.2) is 59.2 Å². The number of nitrogens with one attached hydrogen (secondary N) is 1. The Bertz CT molecular complexity index is 1200. The lowest BCUT2D eigenvalue weighted by molar-refractivity contribution is -0.113. The van der Waals surface area contributed by atoms with Crippen molar-refractivity contribution in [3.63, 3.8) is 0 Å². The largest absolute Gasteiger partial charge is 0.325 e. The van der Waals surface area contributed by atoms with E-state index in [-0.39, 0.29) is 11.7 Å². The first-order valence-corrected chi connectivity index (χ1v) is 12.4. The predicted molar refractivity (Wildman–Crippen MR) is 132 cm³/mol. The van der Waals surface area contributed by atoms with Gasteiger partial charge in [0.1, 0.15) is 16.2 Å². The molecule has 0 aliphatic rings. The molecule has 2 aromatic carbocycles. The highest BCUT2D eigenvalue weighted by molar-refractivity contribution is 8.00. The summed E-state index contributed by atoms with van der Waals surface area (Å²) in [4.78, 5) is 22.6. The number of para-hydroxylation sites is 1. The van der Waals surface area contributed by atoms with Crippen molar-refractivity contribution in [2.75, 3.05) is 11.1 Å². The second-order valence-corrected chi connectivity index (χ2v) is 9.27. The monoisotopic (exact) mass is 467 g/mol. The van der Waals surface area contributed by atoms with Crippen LogP contribution in [0.1, 0.15) is 25.0 Å². The van der Waals surface area contributed by atoms with Gasteiger partial charge in [-0.15, -0.1) is 11.3 Å². The first-order chi connectivity index (χ1) is 15.1. The van der Waals surface area contributed by atoms with Gasteiger partial charge in [-0.2, -0.15) is 0 Å². The number of aromatic nitrogens is 2. The third-order valence-corrected chi connectivity index (χ3v) is 7.22.